The smallest absolute Gasteiger partial charge is 0.187 e. The number of hydrogen-bond donors (Lipinski definition) is 0. The van der Waals surface area contributed by atoms with Crippen molar-refractivity contribution in [3.05, 3.63) is 46.7 Å². The van der Waals surface area contributed by atoms with Gasteiger partial charge >= 0.3 is 0 Å². The summed E-state index contributed by atoms with van der Waals surface area (Å²) in [6, 6.07) is 4.00. The van der Waals surface area contributed by atoms with Crippen LogP contribution in [0.25, 0.3) is 0 Å². The first kappa shape index (κ1) is 17.1. The van der Waals surface area contributed by atoms with Crippen molar-refractivity contribution < 1.29 is 4.79 Å². The molecule has 0 saturated carbocycles. The fourth-order valence-electron chi connectivity index (χ4n) is 1.97. The number of carbonyl (C=O) groups excluding carboxylic acids is 1. The summed E-state index contributed by atoms with van der Waals surface area (Å²) in [5.41, 5.74) is 4.09. The summed E-state index contributed by atoms with van der Waals surface area (Å²) < 4.78 is 0. The normalized spacial score (nSPS) is 11.1. The van der Waals surface area contributed by atoms with Crippen LogP contribution in [-0.4, -0.2) is 35.5 Å². The van der Waals surface area contributed by atoms with Crippen LogP contribution in [0, 0.1) is 20.8 Å². The van der Waals surface area contributed by atoms with E-state index in [1.54, 1.807) is 12.3 Å². The van der Waals surface area contributed by atoms with Crippen LogP contribution in [0.3, 0.4) is 0 Å². The molecule has 2 nitrogen and oxygen atoms in total. The van der Waals surface area contributed by atoms with Gasteiger partial charge in [-0.1, -0.05) is 6.07 Å². The van der Waals surface area contributed by atoms with Crippen LogP contribution in [-0.2, 0) is 0 Å². The van der Waals surface area contributed by atoms with Crippen LogP contribution >= 0.6 is 23.2 Å². The Bertz CT molecular complexity index is 491. The second-order valence-electron chi connectivity index (χ2n) is 4.85. The third-order valence-corrected chi connectivity index (χ3v) is 3.62. The molecule has 1 aromatic carbocycles. The maximum atomic E-state index is 12.3. The van der Waals surface area contributed by atoms with E-state index in [1.807, 2.05) is 30.9 Å². The molecule has 1 rings (SSSR count). The Hall–Kier alpha value is -0.990. The van der Waals surface area contributed by atoms with Crippen LogP contribution in [0.2, 0.25) is 0 Å². The van der Waals surface area contributed by atoms with Gasteiger partial charge in [-0.25, -0.2) is 0 Å². The highest BCUT2D eigenvalue weighted by molar-refractivity contribution is 6.18. The van der Waals surface area contributed by atoms with E-state index < -0.39 is 0 Å². The van der Waals surface area contributed by atoms with Gasteiger partial charge in [-0.3, -0.25) is 4.79 Å². The Balaban J connectivity index is 2.87. The number of allylic oxidation sites excluding steroid dienone is 1. The molecule has 0 N–H and O–H groups in total. The van der Waals surface area contributed by atoms with Gasteiger partial charge in [0.05, 0.1) is 0 Å². The molecular weight excluding hydrogens is 293 g/mol. The Kier molecular flexibility index (Phi) is 7.11. The third-order valence-electron chi connectivity index (χ3n) is 3.29. The molecule has 1 aromatic rings. The monoisotopic (exact) mass is 313 g/mol. The minimum Gasteiger partial charge on any atom is -0.375 e. The van der Waals surface area contributed by atoms with Crippen molar-refractivity contribution in [1.82, 2.24) is 4.90 Å². The number of ketones is 1. The molecule has 0 heterocycles. The van der Waals surface area contributed by atoms with Crippen molar-refractivity contribution >= 4 is 29.0 Å². The SMILES string of the molecule is Cc1cc(C)c(C(=O)C=CN(CCCl)CCCl)cc1C. The van der Waals surface area contributed by atoms with Crippen molar-refractivity contribution in [2.45, 2.75) is 20.8 Å². The van der Waals surface area contributed by atoms with Gasteiger partial charge in [0.2, 0.25) is 0 Å². The highest BCUT2D eigenvalue weighted by atomic mass is 35.5. The number of nitrogens with zero attached hydrogens (tertiary/aromatic N) is 1. The first-order valence-corrected chi connectivity index (χ1v) is 7.73. The summed E-state index contributed by atoms with van der Waals surface area (Å²) in [6.45, 7) is 7.40. The van der Waals surface area contributed by atoms with Gasteiger partial charge in [-0.2, -0.15) is 0 Å². The maximum absolute atomic E-state index is 12.3. The zero-order valence-electron chi connectivity index (χ0n) is 12.2. The van der Waals surface area contributed by atoms with Gasteiger partial charge in [-0.05, 0) is 43.5 Å². The van der Waals surface area contributed by atoms with E-state index in [9.17, 15) is 4.79 Å². The lowest BCUT2D eigenvalue weighted by atomic mass is 9.98. The molecule has 0 unspecified atom stereocenters. The maximum Gasteiger partial charge on any atom is 0.187 e. The number of benzene rings is 1. The average molecular weight is 314 g/mol. The minimum absolute atomic E-state index is 0.0137. The second-order valence-corrected chi connectivity index (χ2v) is 5.60. The summed E-state index contributed by atoms with van der Waals surface area (Å²) in [7, 11) is 0. The van der Waals surface area contributed by atoms with Crippen LogP contribution in [0.15, 0.2) is 24.4 Å². The van der Waals surface area contributed by atoms with Crippen molar-refractivity contribution in [3.63, 3.8) is 0 Å². The lowest BCUT2D eigenvalue weighted by molar-refractivity contribution is 0.104. The quantitative estimate of drug-likeness (QED) is 0.429. The van der Waals surface area contributed by atoms with Gasteiger partial charge in [0.25, 0.3) is 0 Å². The number of aryl methyl sites for hydroxylation is 3. The van der Waals surface area contributed by atoms with Gasteiger partial charge < -0.3 is 4.90 Å². The summed E-state index contributed by atoms with van der Waals surface area (Å²) in [4.78, 5) is 14.2. The number of alkyl halides is 2. The predicted octanol–water partition coefficient (Wildman–Crippen LogP) is 4.09. The van der Waals surface area contributed by atoms with E-state index in [-0.39, 0.29) is 5.78 Å². The summed E-state index contributed by atoms with van der Waals surface area (Å²) in [5.74, 6) is 1.04. The number of halogens is 2. The molecule has 0 atom stereocenters. The molecule has 0 aromatic heterocycles. The molecule has 0 fully saturated rings. The van der Waals surface area contributed by atoms with Crippen LogP contribution in [0.4, 0.5) is 0 Å². The van der Waals surface area contributed by atoms with Gasteiger partial charge in [0.15, 0.2) is 5.78 Å². The van der Waals surface area contributed by atoms with Gasteiger partial charge in [0.1, 0.15) is 0 Å². The van der Waals surface area contributed by atoms with Crippen LogP contribution in [0.1, 0.15) is 27.0 Å². The molecule has 110 valence electrons. The standard InChI is InChI=1S/C16H21Cl2NO/c1-12-10-14(3)15(11-13(12)2)16(20)4-7-19(8-5-17)9-6-18/h4,7,10-11H,5-6,8-9H2,1-3H3. The molecule has 0 bridgehead atoms. The van der Waals surface area contributed by atoms with Gasteiger partial charge in [0, 0.05) is 42.7 Å². The van der Waals surface area contributed by atoms with Crippen molar-refractivity contribution in [2.24, 2.45) is 0 Å². The first-order chi connectivity index (χ1) is 9.49. The number of rotatable bonds is 7. The van der Waals surface area contributed by atoms with Gasteiger partial charge in [-0.15, -0.1) is 23.2 Å². The largest absolute Gasteiger partial charge is 0.375 e. The fraction of sp³-hybridized carbons (Fsp3) is 0.438. The van der Waals surface area contributed by atoms with E-state index >= 15 is 0 Å². The summed E-state index contributed by atoms with van der Waals surface area (Å²) in [5, 5.41) is 0. The Morgan fingerprint density at radius 1 is 1.05 bits per heavy atom. The third kappa shape index (κ3) is 4.84. The zero-order chi connectivity index (χ0) is 15.1. The molecule has 0 amide bonds. The molecule has 0 radical (unpaired) electrons. The van der Waals surface area contributed by atoms with E-state index in [0.717, 1.165) is 16.7 Å². The molecule has 0 saturated heterocycles. The molecular formula is C16H21Cl2NO. The lowest BCUT2D eigenvalue weighted by Crippen LogP contribution is -2.22. The topological polar surface area (TPSA) is 20.3 Å². The van der Waals surface area contributed by atoms with Crippen LogP contribution in [0.5, 0.6) is 0 Å². The summed E-state index contributed by atoms with van der Waals surface area (Å²) >= 11 is 11.4. The second kappa shape index (κ2) is 8.33. The Morgan fingerprint density at radius 2 is 1.60 bits per heavy atom. The van der Waals surface area contributed by atoms with Crippen molar-refractivity contribution in [3.8, 4) is 0 Å². The van der Waals surface area contributed by atoms with E-state index in [1.165, 1.54) is 5.56 Å². The molecule has 0 aliphatic carbocycles. The lowest BCUT2D eigenvalue weighted by Gasteiger charge is -2.17. The molecule has 0 aliphatic rings. The van der Waals surface area contributed by atoms with Crippen molar-refractivity contribution in [2.75, 3.05) is 24.8 Å². The average Bonchev–Trinajstić information content (AvgIpc) is 2.40. The highest BCUT2D eigenvalue weighted by Crippen LogP contribution is 2.16. The first-order valence-electron chi connectivity index (χ1n) is 6.66. The minimum atomic E-state index is 0.0137. The zero-order valence-corrected chi connectivity index (χ0v) is 13.8. The van der Waals surface area contributed by atoms with Crippen molar-refractivity contribution in [1.29, 1.82) is 0 Å². The number of carbonyl (C=O) groups is 1. The Morgan fingerprint density at radius 3 is 2.15 bits per heavy atom. The summed E-state index contributed by atoms with van der Waals surface area (Å²) in [6.07, 6.45) is 3.37. The number of hydrogen-bond acceptors (Lipinski definition) is 2. The molecule has 0 spiro atoms. The molecule has 20 heavy (non-hydrogen) atoms. The highest BCUT2D eigenvalue weighted by Gasteiger charge is 2.08. The van der Waals surface area contributed by atoms with E-state index in [0.29, 0.717) is 24.8 Å². The van der Waals surface area contributed by atoms with E-state index in [4.69, 9.17) is 23.2 Å². The molecule has 4 heteroatoms. The van der Waals surface area contributed by atoms with E-state index in [2.05, 4.69) is 6.92 Å². The fourth-order valence-corrected chi connectivity index (χ4v) is 2.40. The predicted molar refractivity (Wildman–Crippen MR) is 87.1 cm³/mol. The van der Waals surface area contributed by atoms with Crippen LogP contribution < -0.4 is 0 Å². The Labute approximate surface area is 131 Å². The molecule has 0 aliphatic heterocycles.